The van der Waals surface area contributed by atoms with E-state index < -0.39 is 0 Å². The van der Waals surface area contributed by atoms with Crippen molar-refractivity contribution in [3.05, 3.63) is 69.2 Å². The second kappa shape index (κ2) is 8.67. The lowest BCUT2D eigenvalue weighted by Gasteiger charge is -2.18. The van der Waals surface area contributed by atoms with Crippen molar-refractivity contribution in [1.82, 2.24) is 19.1 Å². The van der Waals surface area contributed by atoms with Crippen LogP contribution in [0, 0.1) is 13.8 Å². The molecular weight excluding hydrogens is 440 g/mol. The number of hydrogen-bond donors (Lipinski definition) is 0. The highest BCUT2D eigenvalue weighted by Crippen LogP contribution is 2.32. The lowest BCUT2D eigenvalue weighted by atomic mass is 10.2. The molecule has 1 aliphatic rings. The monoisotopic (exact) mass is 464 g/mol. The standard InChI is InChI=1S/C24H24N4O2S2/c1-15-13-19(16(2)27(15)23-25-11-12-31-23)21(29)14-32-24-26-20-10-6-5-9-18(20)22(30)28(24)17-7-3-4-8-17/h5-6,9-13,17H,3-4,7-8,14H2,1-2H3. The molecule has 0 radical (unpaired) electrons. The quantitative estimate of drug-likeness (QED) is 0.219. The SMILES string of the molecule is Cc1cc(C(=O)CSc2nc3ccccc3c(=O)n2C2CCCC2)c(C)n1-c1nccs1. The molecule has 1 saturated carbocycles. The van der Waals surface area contributed by atoms with Crippen LogP contribution in [-0.4, -0.2) is 30.6 Å². The summed E-state index contributed by atoms with van der Waals surface area (Å²) in [5.74, 6) is 0.269. The van der Waals surface area contributed by atoms with Gasteiger partial charge in [-0.15, -0.1) is 11.3 Å². The Morgan fingerprint density at radius 2 is 2.00 bits per heavy atom. The van der Waals surface area contributed by atoms with E-state index in [1.807, 2.05) is 58.7 Å². The number of aryl methyl sites for hydroxylation is 1. The molecule has 1 aromatic carbocycles. The van der Waals surface area contributed by atoms with Gasteiger partial charge in [0.25, 0.3) is 5.56 Å². The molecule has 0 aliphatic heterocycles. The number of para-hydroxylation sites is 1. The number of hydrogen-bond acceptors (Lipinski definition) is 6. The molecule has 0 saturated heterocycles. The Bertz CT molecular complexity index is 1350. The minimum Gasteiger partial charge on any atom is -0.294 e. The van der Waals surface area contributed by atoms with Gasteiger partial charge >= 0.3 is 0 Å². The Hall–Kier alpha value is -2.71. The zero-order chi connectivity index (χ0) is 22.2. The average Bonchev–Trinajstić information content (AvgIpc) is 3.54. The molecule has 0 amide bonds. The van der Waals surface area contributed by atoms with E-state index in [0.717, 1.165) is 42.2 Å². The number of ketones is 1. The number of aromatic nitrogens is 4. The molecule has 3 aromatic heterocycles. The maximum Gasteiger partial charge on any atom is 0.262 e. The normalized spacial score (nSPS) is 14.4. The van der Waals surface area contributed by atoms with Gasteiger partial charge in [0.05, 0.1) is 16.7 Å². The van der Waals surface area contributed by atoms with Crippen molar-refractivity contribution in [2.45, 2.75) is 50.7 Å². The van der Waals surface area contributed by atoms with Crippen molar-refractivity contribution in [1.29, 1.82) is 0 Å². The first kappa shape index (κ1) is 21.2. The summed E-state index contributed by atoms with van der Waals surface area (Å²) in [5, 5.41) is 4.07. The number of benzene rings is 1. The van der Waals surface area contributed by atoms with Crippen LogP contribution in [0.1, 0.15) is 53.5 Å². The van der Waals surface area contributed by atoms with Gasteiger partial charge in [0.15, 0.2) is 16.1 Å². The van der Waals surface area contributed by atoms with Crippen LogP contribution in [0.15, 0.2) is 51.9 Å². The van der Waals surface area contributed by atoms with Crippen LogP contribution in [-0.2, 0) is 0 Å². The fraction of sp³-hybridized carbons (Fsp3) is 0.333. The molecule has 164 valence electrons. The Labute approximate surface area is 194 Å². The number of carbonyl (C=O) groups is 1. The van der Waals surface area contributed by atoms with Gasteiger partial charge in [-0.2, -0.15) is 0 Å². The van der Waals surface area contributed by atoms with Crippen molar-refractivity contribution in [2.75, 3.05) is 5.75 Å². The van der Waals surface area contributed by atoms with Crippen molar-refractivity contribution < 1.29 is 4.79 Å². The predicted octanol–water partition coefficient (Wildman–Crippen LogP) is 5.35. The van der Waals surface area contributed by atoms with E-state index in [2.05, 4.69) is 4.98 Å². The van der Waals surface area contributed by atoms with Crippen LogP contribution in [0.5, 0.6) is 0 Å². The first-order chi connectivity index (χ1) is 15.5. The third-order valence-electron chi connectivity index (χ3n) is 6.14. The van der Waals surface area contributed by atoms with Gasteiger partial charge in [0, 0.05) is 34.6 Å². The largest absolute Gasteiger partial charge is 0.294 e. The zero-order valence-electron chi connectivity index (χ0n) is 18.1. The molecule has 1 aliphatic carbocycles. The van der Waals surface area contributed by atoms with Crippen LogP contribution in [0.25, 0.3) is 16.0 Å². The van der Waals surface area contributed by atoms with Gasteiger partial charge in [-0.1, -0.05) is 36.7 Å². The average molecular weight is 465 g/mol. The molecule has 5 rings (SSSR count). The Balaban J connectivity index is 1.47. The third kappa shape index (κ3) is 3.71. The molecule has 0 unspecified atom stereocenters. The maximum atomic E-state index is 13.3. The molecule has 4 aromatic rings. The van der Waals surface area contributed by atoms with Crippen LogP contribution in [0.3, 0.4) is 0 Å². The third-order valence-corrected chi connectivity index (χ3v) is 7.85. The first-order valence-corrected chi connectivity index (χ1v) is 12.7. The fourth-order valence-corrected chi connectivity index (χ4v) is 6.29. The molecule has 8 heteroatoms. The van der Waals surface area contributed by atoms with E-state index >= 15 is 0 Å². The van der Waals surface area contributed by atoms with Crippen molar-refractivity contribution >= 4 is 39.8 Å². The van der Waals surface area contributed by atoms with E-state index in [9.17, 15) is 9.59 Å². The van der Waals surface area contributed by atoms with Crippen molar-refractivity contribution in [2.24, 2.45) is 0 Å². The van der Waals surface area contributed by atoms with E-state index in [1.165, 1.54) is 11.8 Å². The van der Waals surface area contributed by atoms with Crippen molar-refractivity contribution in [3.8, 4) is 5.13 Å². The van der Waals surface area contributed by atoms with Gasteiger partial charge in [-0.3, -0.25) is 18.7 Å². The van der Waals surface area contributed by atoms with Gasteiger partial charge in [0.2, 0.25) is 0 Å². The number of thiazole rings is 1. The number of Topliss-reactive ketones (excluding diaryl/α,β-unsaturated/α-hetero) is 1. The molecule has 6 nitrogen and oxygen atoms in total. The summed E-state index contributed by atoms with van der Waals surface area (Å²) < 4.78 is 3.86. The van der Waals surface area contributed by atoms with Crippen molar-refractivity contribution in [3.63, 3.8) is 0 Å². The smallest absolute Gasteiger partial charge is 0.262 e. The topological polar surface area (TPSA) is 69.8 Å². The van der Waals surface area contributed by atoms with Gasteiger partial charge in [0.1, 0.15) is 0 Å². The summed E-state index contributed by atoms with van der Waals surface area (Å²) in [6.07, 6.45) is 5.97. The van der Waals surface area contributed by atoms with E-state index in [-0.39, 0.29) is 23.1 Å². The van der Waals surface area contributed by atoms with Crippen LogP contribution in [0.4, 0.5) is 0 Å². The lowest BCUT2D eigenvalue weighted by molar-refractivity contribution is 0.102. The highest BCUT2D eigenvalue weighted by atomic mass is 32.2. The summed E-state index contributed by atoms with van der Waals surface area (Å²) in [4.78, 5) is 35.7. The number of rotatable bonds is 6. The summed E-state index contributed by atoms with van der Waals surface area (Å²) in [6.45, 7) is 3.94. The summed E-state index contributed by atoms with van der Waals surface area (Å²) in [6, 6.07) is 9.55. The minimum absolute atomic E-state index is 0.000559. The molecule has 3 heterocycles. The second-order valence-corrected chi connectivity index (χ2v) is 9.99. The van der Waals surface area contributed by atoms with E-state index in [4.69, 9.17) is 4.98 Å². The Morgan fingerprint density at radius 3 is 2.75 bits per heavy atom. The predicted molar refractivity (Wildman–Crippen MR) is 129 cm³/mol. The molecule has 32 heavy (non-hydrogen) atoms. The summed E-state index contributed by atoms with van der Waals surface area (Å²) >= 11 is 2.91. The minimum atomic E-state index is -0.000559. The number of nitrogens with zero attached hydrogens (tertiary/aromatic N) is 4. The number of carbonyl (C=O) groups excluding carboxylic acids is 1. The van der Waals surface area contributed by atoms with Crippen LogP contribution in [0.2, 0.25) is 0 Å². The van der Waals surface area contributed by atoms with Gasteiger partial charge < -0.3 is 0 Å². The molecular formula is C24H24N4O2S2. The first-order valence-electron chi connectivity index (χ1n) is 10.8. The highest BCUT2D eigenvalue weighted by Gasteiger charge is 2.24. The lowest BCUT2D eigenvalue weighted by Crippen LogP contribution is -2.26. The van der Waals surface area contributed by atoms with Crippen LogP contribution < -0.4 is 5.56 Å². The molecule has 0 N–H and O–H groups in total. The molecule has 0 bridgehead atoms. The fourth-order valence-electron chi connectivity index (χ4n) is 4.59. The summed E-state index contributed by atoms with van der Waals surface area (Å²) in [7, 11) is 0. The Kier molecular flexibility index (Phi) is 5.73. The summed E-state index contributed by atoms with van der Waals surface area (Å²) in [5.41, 5.74) is 3.25. The molecule has 1 fully saturated rings. The highest BCUT2D eigenvalue weighted by molar-refractivity contribution is 7.99. The van der Waals surface area contributed by atoms with Gasteiger partial charge in [-0.25, -0.2) is 9.97 Å². The number of fused-ring (bicyclic) bond motifs is 1. The van der Waals surface area contributed by atoms with Crippen LogP contribution >= 0.6 is 23.1 Å². The molecule has 0 atom stereocenters. The Morgan fingerprint density at radius 1 is 1.22 bits per heavy atom. The zero-order valence-corrected chi connectivity index (χ0v) is 19.7. The van der Waals surface area contributed by atoms with E-state index in [0.29, 0.717) is 21.6 Å². The maximum absolute atomic E-state index is 13.3. The van der Waals surface area contributed by atoms with E-state index in [1.54, 1.807) is 17.5 Å². The number of thioether (sulfide) groups is 1. The van der Waals surface area contributed by atoms with Gasteiger partial charge in [-0.05, 0) is 44.9 Å². The molecule has 0 spiro atoms. The second-order valence-electron chi connectivity index (χ2n) is 8.17.